The third-order valence-electron chi connectivity index (χ3n) is 3.80. The number of nitrogens with zero attached hydrogens (tertiary/aromatic N) is 3. The van der Waals surface area contributed by atoms with Gasteiger partial charge in [0.15, 0.2) is 0 Å². The topological polar surface area (TPSA) is 47.1 Å². The van der Waals surface area contributed by atoms with Crippen LogP contribution in [0, 0.1) is 12.3 Å². The van der Waals surface area contributed by atoms with E-state index in [4.69, 9.17) is 5.73 Å². The molecule has 17 heavy (non-hydrogen) atoms. The zero-order valence-electron chi connectivity index (χ0n) is 11.2. The highest BCUT2D eigenvalue weighted by atomic mass is 15.3. The van der Waals surface area contributed by atoms with Gasteiger partial charge in [-0.25, -0.2) is 0 Å². The van der Waals surface area contributed by atoms with Gasteiger partial charge in [-0.3, -0.25) is 9.58 Å². The normalized spacial score (nSPS) is 25.6. The lowest BCUT2D eigenvalue weighted by Crippen LogP contribution is -2.31. The Bertz CT molecular complexity index is 385. The van der Waals surface area contributed by atoms with Crippen molar-refractivity contribution in [3.63, 3.8) is 0 Å². The van der Waals surface area contributed by atoms with Gasteiger partial charge in [0, 0.05) is 19.6 Å². The molecule has 0 spiro atoms. The summed E-state index contributed by atoms with van der Waals surface area (Å²) in [6.45, 7) is 11.5. The zero-order valence-corrected chi connectivity index (χ0v) is 11.2. The summed E-state index contributed by atoms with van der Waals surface area (Å²) < 4.78 is 2.10. The minimum atomic E-state index is 0.312. The van der Waals surface area contributed by atoms with Crippen LogP contribution in [-0.4, -0.2) is 34.3 Å². The standard InChI is InChI=1S/C13H24N4/c1-4-17-12(7-11(2)15-17)8-16-6-5-13(3,9-14)10-16/h7H,4-6,8-10,14H2,1-3H3. The molecule has 2 N–H and O–H groups in total. The molecule has 1 unspecified atom stereocenters. The van der Waals surface area contributed by atoms with Gasteiger partial charge in [-0.1, -0.05) is 6.92 Å². The van der Waals surface area contributed by atoms with Crippen molar-refractivity contribution in [3.05, 3.63) is 17.5 Å². The molecule has 0 saturated carbocycles. The Morgan fingerprint density at radius 2 is 2.29 bits per heavy atom. The summed E-state index contributed by atoms with van der Waals surface area (Å²) in [7, 11) is 0. The zero-order chi connectivity index (χ0) is 12.5. The minimum Gasteiger partial charge on any atom is -0.330 e. The average molecular weight is 236 g/mol. The maximum absolute atomic E-state index is 5.84. The molecular formula is C13H24N4. The van der Waals surface area contributed by atoms with Crippen LogP contribution in [0.1, 0.15) is 31.7 Å². The van der Waals surface area contributed by atoms with Crippen molar-refractivity contribution in [1.82, 2.24) is 14.7 Å². The lowest BCUT2D eigenvalue weighted by molar-refractivity contribution is 0.268. The first kappa shape index (κ1) is 12.6. The highest BCUT2D eigenvalue weighted by Crippen LogP contribution is 2.29. The van der Waals surface area contributed by atoms with Crippen molar-refractivity contribution < 1.29 is 0 Å². The fourth-order valence-electron chi connectivity index (χ4n) is 2.66. The molecule has 0 aromatic carbocycles. The number of rotatable bonds is 4. The van der Waals surface area contributed by atoms with Gasteiger partial charge in [0.2, 0.25) is 0 Å². The van der Waals surface area contributed by atoms with Crippen LogP contribution in [0.4, 0.5) is 0 Å². The summed E-state index contributed by atoms with van der Waals surface area (Å²) in [4.78, 5) is 2.50. The van der Waals surface area contributed by atoms with Crippen LogP contribution in [0.3, 0.4) is 0 Å². The van der Waals surface area contributed by atoms with Crippen LogP contribution in [0.25, 0.3) is 0 Å². The number of hydrogen-bond donors (Lipinski definition) is 1. The first-order valence-electron chi connectivity index (χ1n) is 6.52. The molecule has 2 rings (SSSR count). The van der Waals surface area contributed by atoms with Crippen LogP contribution in [0.5, 0.6) is 0 Å². The van der Waals surface area contributed by atoms with Crippen LogP contribution in [-0.2, 0) is 13.1 Å². The monoisotopic (exact) mass is 236 g/mol. The molecule has 2 heterocycles. The highest BCUT2D eigenvalue weighted by molar-refractivity contribution is 5.09. The van der Waals surface area contributed by atoms with Gasteiger partial charge >= 0.3 is 0 Å². The predicted octanol–water partition coefficient (Wildman–Crippen LogP) is 1.38. The van der Waals surface area contributed by atoms with E-state index in [1.807, 2.05) is 0 Å². The average Bonchev–Trinajstić information content (AvgIpc) is 2.84. The van der Waals surface area contributed by atoms with E-state index in [2.05, 4.69) is 41.5 Å². The summed E-state index contributed by atoms with van der Waals surface area (Å²) in [5, 5.41) is 4.49. The summed E-state index contributed by atoms with van der Waals surface area (Å²) in [5.41, 5.74) is 8.59. The van der Waals surface area contributed by atoms with Gasteiger partial charge in [-0.05, 0) is 44.8 Å². The fraction of sp³-hybridized carbons (Fsp3) is 0.769. The summed E-state index contributed by atoms with van der Waals surface area (Å²) in [6.07, 6.45) is 1.21. The third-order valence-corrected chi connectivity index (χ3v) is 3.80. The third kappa shape index (κ3) is 2.69. The van der Waals surface area contributed by atoms with Crippen LogP contribution in [0.2, 0.25) is 0 Å². The molecule has 1 atom stereocenters. The lowest BCUT2D eigenvalue weighted by Gasteiger charge is -2.22. The van der Waals surface area contributed by atoms with Crippen molar-refractivity contribution in [2.24, 2.45) is 11.1 Å². The fourth-order valence-corrected chi connectivity index (χ4v) is 2.66. The number of likely N-dealkylation sites (tertiary alicyclic amines) is 1. The smallest absolute Gasteiger partial charge is 0.0597 e. The number of nitrogens with two attached hydrogens (primary N) is 1. The first-order chi connectivity index (χ1) is 8.06. The van der Waals surface area contributed by atoms with Crippen molar-refractivity contribution in [2.75, 3.05) is 19.6 Å². The molecule has 1 aromatic rings. The molecule has 1 saturated heterocycles. The Kier molecular flexibility index (Phi) is 3.54. The van der Waals surface area contributed by atoms with E-state index in [-0.39, 0.29) is 0 Å². The maximum Gasteiger partial charge on any atom is 0.0597 e. The van der Waals surface area contributed by atoms with Gasteiger partial charge in [0.05, 0.1) is 11.4 Å². The van der Waals surface area contributed by atoms with Crippen molar-refractivity contribution in [3.8, 4) is 0 Å². The van der Waals surface area contributed by atoms with Crippen LogP contribution in [0.15, 0.2) is 6.07 Å². The molecule has 0 aliphatic carbocycles. The molecule has 0 radical (unpaired) electrons. The molecule has 96 valence electrons. The van der Waals surface area contributed by atoms with E-state index in [0.29, 0.717) is 5.41 Å². The Morgan fingerprint density at radius 1 is 1.53 bits per heavy atom. The van der Waals surface area contributed by atoms with E-state index in [1.165, 1.54) is 12.1 Å². The lowest BCUT2D eigenvalue weighted by atomic mass is 9.90. The van der Waals surface area contributed by atoms with Crippen molar-refractivity contribution >= 4 is 0 Å². The molecule has 0 amide bonds. The van der Waals surface area contributed by atoms with Gasteiger partial charge in [-0.15, -0.1) is 0 Å². The summed E-state index contributed by atoms with van der Waals surface area (Å²) in [6, 6.07) is 2.20. The summed E-state index contributed by atoms with van der Waals surface area (Å²) in [5.74, 6) is 0. The van der Waals surface area contributed by atoms with Gasteiger partial charge in [0.1, 0.15) is 0 Å². The van der Waals surface area contributed by atoms with Crippen molar-refractivity contribution in [1.29, 1.82) is 0 Å². The molecule has 1 aliphatic heterocycles. The molecule has 1 aliphatic rings. The first-order valence-corrected chi connectivity index (χ1v) is 6.52. The number of aromatic nitrogens is 2. The number of hydrogen-bond acceptors (Lipinski definition) is 3. The molecule has 0 bridgehead atoms. The largest absolute Gasteiger partial charge is 0.330 e. The van der Waals surface area contributed by atoms with Crippen LogP contribution < -0.4 is 5.73 Å². The Balaban J connectivity index is 2.02. The second kappa shape index (κ2) is 4.78. The second-order valence-corrected chi connectivity index (χ2v) is 5.57. The van der Waals surface area contributed by atoms with Crippen LogP contribution >= 0.6 is 0 Å². The molecular weight excluding hydrogens is 212 g/mol. The maximum atomic E-state index is 5.84. The van der Waals surface area contributed by atoms with E-state index < -0.39 is 0 Å². The van der Waals surface area contributed by atoms with Gasteiger partial charge in [0.25, 0.3) is 0 Å². The van der Waals surface area contributed by atoms with Crippen molar-refractivity contribution in [2.45, 2.75) is 40.3 Å². The Morgan fingerprint density at radius 3 is 2.88 bits per heavy atom. The predicted molar refractivity (Wildman–Crippen MR) is 69.7 cm³/mol. The van der Waals surface area contributed by atoms with Gasteiger partial charge in [-0.2, -0.15) is 5.10 Å². The summed E-state index contributed by atoms with van der Waals surface area (Å²) >= 11 is 0. The molecule has 4 heteroatoms. The quantitative estimate of drug-likeness (QED) is 0.859. The molecule has 1 fully saturated rings. The molecule has 1 aromatic heterocycles. The van der Waals surface area contributed by atoms with E-state index >= 15 is 0 Å². The Hall–Kier alpha value is -0.870. The minimum absolute atomic E-state index is 0.312. The van der Waals surface area contributed by atoms with Gasteiger partial charge < -0.3 is 5.73 Å². The SMILES string of the molecule is CCn1nc(C)cc1CN1CCC(C)(CN)C1. The van der Waals surface area contributed by atoms with E-state index in [1.54, 1.807) is 0 Å². The number of aryl methyl sites for hydroxylation is 2. The highest BCUT2D eigenvalue weighted by Gasteiger charge is 2.32. The van der Waals surface area contributed by atoms with E-state index in [0.717, 1.165) is 38.4 Å². The van der Waals surface area contributed by atoms with E-state index in [9.17, 15) is 0 Å². The second-order valence-electron chi connectivity index (χ2n) is 5.57. The molecule has 4 nitrogen and oxygen atoms in total. The Labute approximate surface area is 104 Å².